The van der Waals surface area contributed by atoms with E-state index in [0.717, 1.165) is 31.4 Å². The zero-order valence-electron chi connectivity index (χ0n) is 21.2. The third-order valence-electron chi connectivity index (χ3n) is 7.36. The molecule has 15 heteroatoms. The molecule has 10 nitrogen and oxygen atoms in total. The Morgan fingerprint density at radius 3 is 2.42 bits per heavy atom. The molecule has 0 spiro atoms. The number of alkyl halides is 3. The number of hydrogen-bond acceptors (Lipinski definition) is 8. The van der Waals surface area contributed by atoms with Gasteiger partial charge in [0.2, 0.25) is 17.8 Å². The highest BCUT2D eigenvalue weighted by atomic mass is 35.5. The highest BCUT2D eigenvalue weighted by Gasteiger charge is 2.32. The Labute approximate surface area is 237 Å². The largest absolute Gasteiger partial charge is 0.573 e. The van der Waals surface area contributed by atoms with E-state index in [2.05, 4.69) is 25.3 Å². The predicted octanol–water partition coefficient (Wildman–Crippen LogP) is 5.71. The Bertz CT molecular complexity index is 1370. The number of halogens is 5. The molecular formula is C25H28Cl2F3N7O3. The summed E-state index contributed by atoms with van der Waals surface area (Å²) in [5.74, 6) is -0.423. The van der Waals surface area contributed by atoms with E-state index in [1.54, 1.807) is 6.20 Å². The molecule has 2 aliphatic rings. The molecule has 2 heterocycles. The maximum absolute atomic E-state index is 12.7. The average Bonchev–Trinajstić information content (AvgIpc) is 3.22. The SMILES string of the molecule is NC(=O)C1CCC(n2c(Nc3c(Cl)cc(OC(F)(F)F)cc3Cl)nc3cnc(N[C@@H]4CCC[C@H](O)C4)nc32)CC1. The van der Waals surface area contributed by atoms with Crippen LogP contribution in [0.4, 0.5) is 30.8 Å². The van der Waals surface area contributed by atoms with E-state index in [1.165, 1.54) is 0 Å². The number of aliphatic hydroxyl groups excluding tert-OH is 1. The van der Waals surface area contributed by atoms with Crippen LogP contribution in [0.15, 0.2) is 18.3 Å². The summed E-state index contributed by atoms with van der Waals surface area (Å²) < 4.78 is 44.0. The second kappa shape index (κ2) is 11.5. The number of amides is 1. The van der Waals surface area contributed by atoms with E-state index in [9.17, 15) is 23.1 Å². The van der Waals surface area contributed by atoms with Gasteiger partial charge in [-0.25, -0.2) is 9.97 Å². The molecule has 0 unspecified atom stereocenters. The number of imidazole rings is 1. The van der Waals surface area contributed by atoms with Crippen LogP contribution in [0.5, 0.6) is 5.75 Å². The second-order valence-electron chi connectivity index (χ2n) is 10.2. The number of nitrogens with zero attached hydrogens (tertiary/aromatic N) is 4. The summed E-state index contributed by atoms with van der Waals surface area (Å²) in [4.78, 5) is 25.5. The molecule has 0 saturated heterocycles. The number of primary amides is 1. The molecule has 3 aromatic rings. The number of hydrogen-bond donors (Lipinski definition) is 4. The molecule has 2 aliphatic carbocycles. The van der Waals surface area contributed by atoms with Crippen LogP contribution < -0.4 is 21.1 Å². The van der Waals surface area contributed by atoms with Gasteiger partial charge in [0.15, 0.2) is 5.65 Å². The first kappa shape index (κ1) is 28.5. The van der Waals surface area contributed by atoms with E-state index in [0.29, 0.717) is 55.2 Å². The van der Waals surface area contributed by atoms with Crippen molar-refractivity contribution in [3.05, 3.63) is 28.4 Å². The molecule has 0 radical (unpaired) electrons. The van der Waals surface area contributed by atoms with Crippen LogP contribution in [0.3, 0.4) is 0 Å². The maximum atomic E-state index is 12.7. The van der Waals surface area contributed by atoms with Crippen LogP contribution in [0.2, 0.25) is 10.0 Å². The van der Waals surface area contributed by atoms with E-state index in [4.69, 9.17) is 33.9 Å². The number of benzene rings is 1. The van der Waals surface area contributed by atoms with Gasteiger partial charge in [0.1, 0.15) is 11.3 Å². The summed E-state index contributed by atoms with van der Waals surface area (Å²) in [5, 5.41) is 16.2. The molecular weight excluding hydrogens is 574 g/mol. The number of fused-ring (bicyclic) bond motifs is 1. The molecule has 216 valence electrons. The first-order chi connectivity index (χ1) is 19.0. The van der Waals surface area contributed by atoms with Crippen molar-refractivity contribution in [3.8, 4) is 5.75 Å². The Morgan fingerprint density at radius 1 is 1.10 bits per heavy atom. The van der Waals surface area contributed by atoms with Crippen LogP contribution in [-0.4, -0.2) is 49.0 Å². The molecule has 0 bridgehead atoms. The number of nitrogens with one attached hydrogen (secondary N) is 2. The summed E-state index contributed by atoms with van der Waals surface area (Å²) in [7, 11) is 0. The van der Waals surface area contributed by atoms with E-state index in [1.807, 2.05) is 4.57 Å². The molecule has 0 aliphatic heterocycles. The van der Waals surface area contributed by atoms with E-state index < -0.39 is 12.1 Å². The fourth-order valence-corrected chi connectivity index (χ4v) is 6.03. The number of rotatable bonds is 7. The zero-order chi connectivity index (χ0) is 28.6. The minimum atomic E-state index is -4.90. The van der Waals surface area contributed by atoms with Crippen LogP contribution in [-0.2, 0) is 4.79 Å². The number of nitrogens with two attached hydrogens (primary N) is 1. The van der Waals surface area contributed by atoms with Crippen molar-refractivity contribution in [1.29, 1.82) is 0 Å². The smallest absolute Gasteiger partial charge is 0.406 e. The van der Waals surface area contributed by atoms with Crippen molar-refractivity contribution in [2.45, 2.75) is 75.9 Å². The lowest BCUT2D eigenvalue weighted by atomic mass is 9.85. The third-order valence-corrected chi connectivity index (χ3v) is 7.96. The van der Waals surface area contributed by atoms with Gasteiger partial charge in [-0.3, -0.25) is 9.36 Å². The van der Waals surface area contributed by atoms with E-state index in [-0.39, 0.29) is 45.7 Å². The van der Waals surface area contributed by atoms with Gasteiger partial charge in [-0.2, -0.15) is 4.98 Å². The van der Waals surface area contributed by atoms with Crippen LogP contribution in [0.1, 0.15) is 57.4 Å². The van der Waals surface area contributed by atoms with Crippen LogP contribution in [0.25, 0.3) is 11.2 Å². The molecule has 2 fully saturated rings. The average molecular weight is 602 g/mol. The Morgan fingerprint density at radius 2 is 1.80 bits per heavy atom. The van der Waals surface area contributed by atoms with Crippen molar-refractivity contribution in [2.24, 2.45) is 11.7 Å². The summed E-state index contributed by atoms with van der Waals surface area (Å²) in [6, 6.07) is 1.92. The molecule has 5 rings (SSSR count). The maximum Gasteiger partial charge on any atom is 0.573 e. The fraction of sp³-hybridized carbons (Fsp3) is 0.520. The second-order valence-corrected chi connectivity index (χ2v) is 11.0. The quantitative estimate of drug-likeness (QED) is 0.270. The molecule has 40 heavy (non-hydrogen) atoms. The first-order valence-electron chi connectivity index (χ1n) is 13.0. The minimum absolute atomic E-state index is 0.0243. The summed E-state index contributed by atoms with van der Waals surface area (Å²) in [6.07, 6.45) is 1.84. The van der Waals surface area contributed by atoms with Crippen molar-refractivity contribution in [1.82, 2.24) is 19.5 Å². The fourth-order valence-electron chi connectivity index (χ4n) is 5.46. The highest BCUT2D eigenvalue weighted by Crippen LogP contribution is 2.41. The van der Waals surface area contributed by atoms with Gasteiger partial charge in [0, 0.05) is 30.1 Å². The van der Waals surface area contributed by atoms with Gasteiger partial charge in [0.05, 0.1) is 28.0 Å². The number of aromatic nitrogens is 4. The lowest BCUT2D eigenvalue weighted by Gasteiger charge is -2.29. The topological polar surface area (TPSA) is 140 Å². The minimum Gasteiger partial charge on any atom is -0.406 e. The van der Waals surface area contributed by atoms with Gasteiger partial charge in [-0.05, 0) is 51.4 Å². The van der Waals surface area contributed by atoms with Gasteiger partial charge in [-0.1, -0.05) is 23.2 Å². The number of aliphatic hydroxyl groups is 1. The summed E-state index contributed by atoms with van der Waals surface area (Å²) in [6.45, 7) is 0. The molecule has 2 aromatic heterocycles. The van der Waals surface area contributed by atoms with Crippen LogP contribution >= 0.6 is 23.2 Å². The van der Waals surface area contributed by atoms with Crippen molar-refractivity contribution in [2.75, 3.05) is 10.6 Å². The molecule has 5 N–H and O–H groups in total. The first-order valence-corrected chi connectivity index (χ1v) is 13.7. The predicted molar refractivity (Wildman–Crippen MR) is 144 cm³/mol. The van der Waals surface area contributed by atoms with Gasteiger partial charge < -0.3 is 26.2 Å². The van der Waals surface area contributed by atoms with E-state index >= 15 is 0 Å². The third kappa shape index (κ3) is 6.47. The number of carbonyl (C=O) groups excluding carboxylic acids is 1. The van der Waals surface area contributed by atoms with Crippen molar-refractivity contribution < 1.29 is 27.8 Å². The number of carbonyl (C=O) groups is 1. The Hall–Kier alpha value is -3.03. The lowest BCUT2D eigenvalue weighted by molar-refractivity contribution is -0.274. The van der Waals surface area contributed by atoms with Crippen molar-refractivity contribution >= 4 is 57.9 Å². The zero-order valence-corrected chi connectivity index (χ0v) is 22.7. The van der Waals surface area contributed by atoms with Crippen molar-refractivity contribution in [3.63, 3.8) is 0 Å². The summed E-state index contributed by atoms with van der Waals surface area (Å²) >= 11 is 12.6. The van der Waals surface area contributed by atoms with Gasteiger partial charge >= 0.3 is 6.36 Å². The van der Waals surface area contributed by atoms with Crippen LogP contribution in [0, 0.1) is 5.92 Å². The number of ether oxygens (including phenoxy) is 1. The molecule has 1 amide bonds. The molecule has 2 saturated carbocycles. The number of anilines is 3. The summed E-state index contributed by atoms with van der Waals surface area (Å²) in [5.41, 5.74) is 6.66. The molecule has 2 atom stereocenters. The highest BCUT2D eigenvalue weighted by molar-refractivity contribution is 6.39. The lowest BCUT2D eigenvalue weighted by Crippen LogP contribution is -2.30. The van der Waals surface area contributed by atoms with Gasteiger partial charge in [-0.15, -0.1) is 13.2 Å². The van der Waals surface area contributed by atoms with Gasteiger partial charge in [0.25, 0.3) is 0 Å². The normalized spacial score (nSPS) is 23.6. The monoisotopic (exact) mass is 601 g/mol. The molecule has 1 aromatic carbocycles. The Balaban J connectivity index is 1.50. The Kier molecular flexibility index (Phi) is 8.16. The standard InChI is InChI=1S/C25H28Cl2F3N7O3/c26-17-9-16(40-25(28,29)30)10-18(27)20(17)35-24-34-19-11-32-23(33-13-2-1-3-15(38)8-13)36-22(19)37(24)14-6-4-12(5-7-14)21(31)39/h9-15,38H,1-8H2,(H2,31,39)(H,34,35)(H,32,33,36)/t12?,13-,14?,15+/m1/s1.